The van der Waals surface area contributed by atoms with Crippen LogP contribution in [0, 0.1) is 0 Å². The molecule has 5 nitrogen and oxygen atoms in total. The summed E-state index contributed by atoms with van der Waals surface area (Å²) >= 11 is 0. The summed E-state index contributed by atoms with van der Waals surface area (Å²) in [7, 11) is 0. The first-order valence-electron chi connectivity index (χ1n) is 6.03. The number of aliphatic hydroxyl groups is 1. The molecule has 1 aromatic carbocycles. The Morgan fingerprint density at radius 2 is 2.13 bits per heavy atom. The number of phenolic OH excluding ortho intramolecular Hbond substituents is 2. The predicted octanol–water partition coefficient (Wildman–Crippen LogP) is 0.0475. The van der Waals surface area contributed by atoms with Crippen LogP contribution in [0.15, 0.2) is 18.1 Å². The van der Waals surface area contributed by atoms with Gasteiger partial charge in [-0.15, -0.1) is 0 Å². The molecule has 0 spiro atoms. The molecule has 0 aromatic heterocycles. The standard InChI is InChI=1S/C10H13NO4/c1-5(12)9(11)10(15)6-2-3-7(13)8(14)4-6/h2-4,9-10,13-15H,11H2,1H3/t9-,10-/m1/s1/i2D,3D,4D,9D. The van der Waals surface area contributed by atoms with E-state index in [1.165, 1.54) is 0 Å². The highest BCUT2D eigenvalue weighted by Gasteiger charge is 2.21. The van der Waals surface area contributed by atoms with Crippen molar-refractivity contribution in [3.8, 4) is 11.5 Å². The number of rotatable bonds is 3. The second-order valence-electron chi connectivity index (χ2n) is 2.90. The Balaban J connectivity index is 3.57. The molecule has 0 aliphatic rings. The largest absolute Gasteiger partial charge is 0.504 e. The zero-order valence-electron chi connectivity index (χ0n) is 11.9. The number of hydrogen-bond donors (Lipinski definition) is 4. The fraction of sp³-hybridized carbons (Fsp3) is 0.300. The molecule has 2 atom stereocenters. The van der Waals surface area contributed by atoms with Crippen LogP contribution in [-0.4, -0.2) is 27.1 Å². The first-order valence-corrected chi connectivity index (χ1v) is 4.03. The van der Waals surface area contributed by atoms with Crippen LogP contribution in [0.1, 0.15) is 24.1 Å². The van der Waals surface area contributed by atoms with Crippen molar-refractivity contribution in [3.05, 3.63) is 23.7 Å². The molecule has 0 aliphatic carbocycles. The molecule has 1 aromatic rings. The molecule has 82 valence electrons. The molecule has 5 N–H and O–H groups in total. The van der Waals surface area contributed by atoms with E-state index in [1.807, 2.05) is 0 Å². The van der Waals surface area contributed by atoms with Gasteiger partial charge in [-0.2, -0.15) is 0 Å². The number of carbonyl (C=O) groups excluding carboxylic acids is 1. The Morgan fingerprint density at radius 3 is 2.67 bits per heavy atom. The van der Waals surface area contributed by atoms with Crippen molar-refractivity contribution in [2.24, 2.45) is 5.73 Å². The summed E-state index contributed by atoms with van der Waals surface area (Å²) in [6, 6.07) is -4.99. The third kappa shape index (κ3) is 2.45. The van der Waals surface area contributed by atoms with E-state index in [2.05, 4.69) is 0 Å². The second kappa shape index (κ2) is 4.29. The molecule has 0 radical (unpaired) electrons. The van der Waals surface area contributed by atoms with Gasteiger partial charge in [-0.1, -0.05) is 6.04 Å². The van der Waals surface area contributed by atoms with Gasteiger partial charge in [0.05, 0.1) is 11.5 Å². The fourth-order valence-electron chi connectivity index (χ4n) is 0.889. The molecule has 0 amide bonds. The van der Waals surface area contributed by atoms with E-state index in [1.54, 1.807) is 0 Å². The average Bonchev–Trinajstić information content (AvgIpc) is 2.33. The van der Waals surface area contributed by atoms with Gasteiger partial charge in [0.2, 0.25) is 0 Å². The lowest BCUT2D eigenvalue weighted by Crippen LogP contribution is -2.35. The molecule has 0 saturated heterocycles. The normalized spacial score (nSPS) is 20.5. The summed E-state index contributed by atoms with van der Waals surface area (Å²) in [4.78, 5) is 11.2. The van der Waals surface area contributed by atoms with E-state index in [4.69, 9.17) is 11.2 Å². The highest BCUT2D eigenvalue weighted by molar-refractivity contribution is 5.82. The Labute approximate surface area is 92.4 Å². The monoisotopic (exact) mass is 215 g/mol. The average molecular weight is 215 g/mol. The van der Waals surface area contributed by atoms with Crippen molar-refractivity contribution in [1.82, 2.24) is 0 Å². The second-order valence-corrected chi connectivity index (χ2v) is 2.90. The third-order valence-corrected chi connectivity index (χ3v) is 1.77. The molecule has 0 fully saturated rings. The van der Waals surface area contributed by atoms with Gasteiger partial charge < -0.3 is 21.1 Å². The maximum absolute atomic E-state index is 11.2. The number of benzene rings is 1. The number of phenols is 2. The van der Waals surface area contributed by atoms with Gasteiger partial charge in [-0.25, -0.2) is 0 Å². The van der Waals surface area contributed by atoms with Gasteiger partial charge >= 0.3 is 0 Å². The zero-order chi connectivity index (χ0) is 15.1. The fourth-order valence-corrected chi connectivity index (χ4v) is 0.889. The van der Waals surface area contributed by atoms with Gasteiger partial charge in [0.15, 0.2) is 11.5 Å². The van der Waals surface area contributed by atoms with E-state index in [9.17, 15) is 20.1 Å². The SMILES string of the molecule is [2H]c1c([2H])c([C@@H](O)[C@]([2H])(N)C(C)=O)c([2H])c(O)c1O. The quantitative estimate of drug-likeness (QED) is 0.533. The van der Waals surface area contributed by atoms with E-state index >= 15 is 0 Å². The molecule has 0 heterocycles. The number of nitrogens with two attached hydrogens (primary N) is 1. The van der Waals surface area contributed by atoms with Crippen molar-refractivity contribution >= 4 is 5.78 Å². The maximum atomic E-state index is 11.2. The molecule has 0 saturated carbocycles. The summed E-state index contributed by atoms with van der Waals surface area (Å²) in [6.45, 7) is 0.950. The van der Waals surface area contributed by atoms with E-state index < -0.39 is 53.1 Å². The van der Waals surface area contributed by atoms with Crippen LogP contribution in [0.25, 0.3) is 0 Å². The van der Waals surface area contributed by atoms with Crippen molar-refractivity contribution in [1.29, 1.82) is 0 Å². The van der Waals surface area contributed by atoms with Crippen molar-refractivity contribution in [2.45, 2.75) is 19.0 Å². The minimum atomic E-state index is -2.53. The summed E-state index contributed by atoms with van der Waals surface area (Å²) in [5.74, 6) is -2.92. The van der Waals surface area contributed by atoms with Crippen LogP contribution < -0.4 is 5.73 Å². The summed E-state index contributed by atoms with van der Waals surface area (Å²) in [5.41, 5.74) is 4.65. The van der Waals surface area contributed by atoms with Crippen LogP contribution in [-0.2, 0) is 4.79 Å². The Kier molecular flexibility index (Phi) is 1.95. The predicted molar refractivity (Wildman–Crippen MR) is 53.4 cm³/mol. The Hall–Kier alpha value is -1.59. The Morgan fingerprint density at radius 1 is 1.53 bits per heavy atom. The van der Waals surface area contributed by atoms with Crippen LogP contribution >= 0.6 is 0 Å². The highest BCUT2D eigenvalue weighted by Crippen LogP contribution is 2.28. The van der Waals surface area contributed by atoms with Crippen LogP contribution in [0.3, 0.4) is 0 Å². The van der Waals surface area contributed by atoms with Crippen LogP contribution in [0.2, 0.25) is 0 Å². The molecule has 1 rings (SSSR count). The zero-order valence-corrected chi connectivity index (χ0v) is 7.90. The van der Waals surface area contributed by atoms with Gasteiger partial charge in [0, 0.05) is 0 Å². The lowest BCUT2D eigenvalue weighted by atomic mass is 10.00. The lowest BCUT2D eigenvalue weighted by molar-refractivity contribution is -0.120. The van der Waals surface area contributed by atoms with Crippen molar-refractivity contribution in [3.63, 3.8) is 0 Å². The topological polar surface area (TPSA) is 104 Å². The van der Waals surface area contributed by atoms with Crippen LogP contribution in [0.5, 0.6) is 11.5 Å². The number of aromatic hydroxyl groups is 2. The molecular formula is C10H13NO4. The van der Waals surface area contributed by atoms with Crippen molar-refractivity contribution in [2.75, 3.05) is 0 Å². The molecule has 0 bridgehead atoms. The van der Waals surface area contributed by atoms with E-state index in [0.29, 0.717) is 0 Å². The van der Waals surface area contributed by atoms with Gasteiger partial charge in [-0.05, 0) is 24.6 Å². The van der Waals surface area contributed by atoms with Gasteiger partial charge in [0.1, 0.15) is 11.9 Å². The minimum absolute atomic E-state index is 0.659. The number of hydrogen-bond acceptors (Lipinski definition) is 5. The lowest BCUT2D eigenvalue weighted by Gasteiger charge is -2.16. The molecular weight excluding hydrogens is 198 g/mol. The third-order valence-electron chi connectivity index (χ3n) is 1.77. The first-order chi connectivity index (χ1) is 8.53. The number of carbonyl (C=O) groups is 1. The molecule has 0 unspecified atom stereocenters. The van der Waals surface area contributed by atoms with Gasteiger partial charge in [0.25, 0.3) is 0 Å². The minimum Gasteiger partial charge on any atom is -0.504 e. The van der Waals surface area contributed by atoms with E-state index in [-0.39, 0.29) is 0 Å². The number of aliphatic hydroxyl groups excluding tert-OH is 1. The van der Waals surface area contributed by atoms with E-state index in [0.717, 1.165) is 6.92 Å². The molecule has 5 heteroatoms. The highest BCUT2D eigenvalue weighted by atomic mass is 16.3. The molecule has 15 heavy (non-hydrogen) atoms. The summed E-state index contributed by atoms with van der Waals surface area (Å²) in [5, 5.41) is 28.6. The van der Waals surface area contributed by atoms with Gasteiger partial charge in [-0.3, -0.25) is 4.79 Å². The smallest absolute Gasteiger partial charge is 0.157 e. The number of Topliss-reactive ketones (excluding diaryl/α,β-unsaturated/α-hetero) is 1. The molecule has 0 aliphatic heterocycles. The number of ketones is 1. The first kappa shape index (κ1) is 6.81. The van der Waals surface area contributed by atoms with Crippen molar-refractivity contribution < 1.29 is 25.6 Å². The summed E-state index contributed by atoms with van der Waals surface area (Å²) < 4.78 is 29.9. The van der Waals surface area contributed by atoms with Crippen LogP contribution in [0.4, 0.5) is 0 Å². The Bertz CT molecular complexity index is 518. The summed E-state index contributed by atoms with van der Waals surface area (Å²) in [6.07, 6.45) is -2.08. The maximum Gasteiger partial charge on any atom is 0.157 e.